The lowest BCUT2D eigenvalue weighted by Gasteiger charge is -2.33. The molecule has 1 aliphatic heterocycles. The van der Waals surface area contributed by atoms with Gasteiger partial charge in [0.05, 0.1) is 46.1 Å². The second kappa shape index (κ2) is 7.65. The zero-order chi connectivity index (χ0) is 15.9. The van der Waals surface area contributed by atoms with Crippen LogP contribution < -0.4 is 19.9 Å². The standard InChI is InChI=1S/C15H21N3O4/c1-21-13-6-4-3-5-12(13)18-9-7-17(8-10-18)11-14(19)16-15(20)22-2/h3-6H,7-11H2,1-2H3,(H,16,19,20)/p+1. The third-order valence-electron chi connectivity index (χ3n) is 3.73. The second-order valence-electron chi connectivity index (χ2n) is 5.13. The Bertz CT molecular complexity index is 527. The molecular weight excluding hydrogens is 286 g/mol. The number of carbonyl (C=O) groups excluding carboxylic acids is 2. The second-order valence-corrected chi connectivity index (χ2v) is 5.13. The molecular formula is C15H22N3O4+. The van der Waals surface area contributed by atoms with Gasteiger partial charge in [0.1, 0.15) is 5.75 Å². The third-order valence-corrected chi connectivity index (χ3v) is 3.73. The van der Waals surface area contributed by atoms with Gasteiger partial charge in [-0.25, -0.2) is 4.79 Å². The first-order chi connectivity index (χ1) is 10.6. The molecule has 0 bridgehead atoms. The molecule has 0 atom stereocenters. The van der Waals surface area contributed by atoms with Gasteiger partial charge in [-0.05, 0) is 12.1 Å². The summed E-state index contributed by atoms with van der Waals surface area (Å²) in [5.41, 5.74) is 1.07. The SMILES string of the molecule is COC(=O)NC(=O)C[NH+]1CCN(c2ccccc2OC)CC1. The van der Waals surface area contributed by atoms with E-state index in [0.29, 0.717) is 0 Å². The number of rotatable bonds is 4. The van der Waals surface area contributed by atoms with E-state index in [1.807, 2.05) is 24.3 Å². The van der Waals surface area contributed by atoms with Gasteiger partial charge in [-0.2, -0.15) is 0 Å². The van der Waals surface area contributed by atoms with E-state index in [1.54, 1.807) is 7.11 Å². The highest BCUT2D eigenvalue weighted by Gasteiger charge is 2.24. The van der Waals surface area contributed by atoms with Crippen molar-refractivity contribution in [3.63, 3.8) is 0 Å². The minimum absolute atomic E-state index is 0.273. The lowest BCUT2D eigenvalue weighted by molar-refractivity contribution is -0.892. The number of piperazine rings is 1. The smallest absolute Gasteiger partial charge is 0.413 e. The van der Waals surface area contributed by atoms with Crippen LogP contribution in [0.3, 0.4) is 0 Å². The fourth-order valence-corrected chi connectivity index (χ4v) is 2.57. The maximum atomic E-state index is 11.7. The molecule has 0 aliphatic carbocycles. The van der Waals surface area contributed by atoms with Crippen molar-refractivity contribution in [2.45, 2.75) is 0 Å². The molecule has 1 heterocycles. The molecule has 1 aliphatic rings. The van der Waals surface area contributed by atoms with Gasteiger partial charge < -0.3 is 19.3 Å². The maximum Gasteiger partial charge on any atom is 0.413 e. The zero-order valence-corrected chi connectivity index (χ0v) is 12.9. The van der Waals surface area contributed by atoms with Crippen LogP contribution in [-0.2, 0) is 9.53 Å². The summed E-state index contributed by atoms with van der Waals surface area (Å²) in [7, 11) is 2.90. The topological polar surface area (TPSA) is 72.3 Å². The minimum atomic E-state index is -0.711. The highest BCUT2D eigenvalue weighted by Crippen LogP contribution is 2.27. The number of nitrogens with zero attached hydrogens (tertiary/aromatic N) is 1. The molecule has 0 spiro atoms. The van der Waals surface area contributed by atoms with Gasteiger partial charge in [0, 0.05) is 0 Å². The van der Waals surface area contributed by atoms with E-state index in [1.165, 1.54) is 7.11 Å². The van der Waals surface area contributed by atoms with Crippen molar-refractivity contribution in [3.05, 3.63) is 24.3 Å². The Hall–Kier alpha value is -2.28. The normalized spacial score (nSPS) is 15.3. The summed E-state index contributed by atoms with van der Waals surface area (Å²) >= 11 is 0. The number of ether oxygens (including phenoxy) is 2. The molecule has 7 nitrogen and oxygen atoms in total. The predicted molar refractivity (Wildman–Crippen MR) is 81.3 cm³/mol. The third kappa shape index (κ3) is 4.11. The molecule has 1 fully saturated rings. The number of hydrogen-bond donors (Lipinski definition) is 2. The highest BCUT2D eigenvalue weighted by molar-refractivity contribution is 5.92. The molecule has 0 unspecified atom stereocenters. The van der Waals surface area contributed by atoms with Crippen LogP contribution in [0.15, 0.2) is 24.3 Å². The van der Waals surface area contributed by atoms with Gasteiger partial charge in [-0.15, -0.1) is 0 Å². The number of imide groups is 1. The number of anilines is 1. The Morgan fingerprint density at radius 2 is 1.91 bits per heavy atom. The first kappa shape index (κ1) is 16.1. The van der Waals surface area contributed by atoms with E-state index in [4.69, 9.17) is 4.74 Å². The van der Waals surface area contributed by atoms with Crippen LogP contribution in [0.5, 0.6) is 5.75 Å². The van der Waals surface area contributed by atoms with Gasteiger partial charge in [0.25, 0.3) is 5.91 Å². The summed E-state index contributed by atoms with van der Waals surface area (Å²) in [5, 5.41) is 2.18. The molecule has 2 rings (SSSR count). The summed E-state index contributed by atoms with van der Waals surface area (Å²) in [5.74, 6) is 0.543. The molecule has 0 radical (unpaired) electrons. The molecule has 22 heavy (non-hydrogen) atoms. The van der Waals surface area contributed by atoms with Gasteiger partial charge in [-0.3, -0.25) is 10.1 Å². The Kier molecular flexibility index (Phi) is 5.60. The number of alkyl carbamates (subject to hydrolysis) is 1. The lowest BCUT2D eigenvalue weighted by Crippen LogP contribution is -3.16. The Balaban J connectivity index is 1.85. The quantitative estimate of drug-likeness (QED) is 0.768. The molecule has 0 saturated carbocycles. The first-order valence-corrected chi connectivity index (χ1v) is 7.23. The molecule has 2 amide bonds. The van der Waals surface area contributed by atoms with Crippen LogP contribution in [0.25, 0.3) is 0 Å². The number of methoxy groups -OCH3 is 2. The molecule has 1 aromatic rings. The lowest BCUT2D eigenvalue weighted by atomic mass is 10.2. The molecule has 1 saturated heterocycles. The van der Waals surface area contributed by atoms with Crippen molar-refractivity contribution >= 4 is 17.7 Å². The monoisotopic (exact) mass is 308 g/mol. The molecule has 7 heteroatoms. The van der Waals surface area contributed by atoms with Gasteiger partial charge >= 0.3 is 6.09 Å². The molecule has 0 aromatic heterocycles. The number of nitrogens with one attached hydrogen (secondary N) is 2. The average Bonchev–Trinajstić information content (AvgIpc) is 2.55. The summed E-state index contributed by atoms with van der Waals surface area (Å²) in [6.45, 7) is 3.59. The average molecular weight is 308 g/mol. The largest absolute Gasteiger partial charge is 0.495 e. The number of quaternary nitrogens is 1. The summed E-state index contributed by atoms with van der Waals surface area (Å²) < 4.78 is 9.79. The maximum absolute atomic E-state index is 11.7. The fourth-order valence-electron chi connectivity index (χ4n) is 2.57. The zero-order valence-electron chi connectivity index (χ0n) is 12.9. The fraction of sp³-hybridized carbons (Fsp3) is 0.467. The van der Waals surface area contributed by atoms with Gasteiger partial charge in [0.2, 0.25) is 0 Å². The summed E-state index contributed by atoms with van der Waals surface area (Å²) in [4.78, 5) is 26.0. The number of amides is 2. The Morgan fingerprint density at radius 3 is 2.55 bits per heavy atom. The van der Waals surface area contributed by atoms with E-state index < -0.39 is 6.09 Å². The summed E-state index contributed by atoms with van der Waals surface area (Å²) in [6, 6.07) is 7.91. The van der Waals surface area contributed by atoms with E-state index in [-0.39, 0.29) is 12.5 Å². The van der Waals surface area contributed by atoms with E-state index in [2.05, 4.69) is 15.0 Å². The van der Waals surface area contributed by atoms with Crippen molar-refractivity contribution < 1.29 is 24.0 Å². The summed E-state index contributed by atoms with van der Waals surface area (Å²) in [6.07, 6.45) is -0.711. The highest BCUT2D eigenvalue weighted by atomic mass is 16.5. The van der Waals surface area contributed by atoms with E-state index in [9.17, 15) is 9.59 Å². The van der Waals surface area contributed by atoms with Gasteiger partial charge in [0.15, 0.2) is 6.54 Å². The van der Waals surface area contributed by atoms with E-state index in [0.717, 1.165) is 42.5 Å². The Morgan fingerprint density at radius 1 is 1.23 bits per heavy atom. The van der Waals surface area contributed by atoms with Crippen LogP contribution in [0.1, 0.15) is 0 Å². The van der Waals surface area contributed by atoms with Crippen molar-refractivity contribution in [1.82, 2.24) is 5.32 Å². The molecule has 1 aromatic carbocycles. The first-order valence-electron chi connectivity index (χ1n) is 7.23. The van der Waals surface area contributed by atoms with Crippen LogP contribution in [0.4, 0.5) is 10.5 Å². The number of hydrogen-bond acceptors (Lipinski definition) is 5. The van der Waals surface area contributed by atoms with Crippen molar-refractivity contribution in [3.8, 4) is 5.75 Å². The number of carbonyl (C=O) groups is 2. The number of benzene rings is 1. The van der Waals surface area contributed by atoms with Crippen molar-refractivity contribution in [2.24, 2.45) is 0 Å². The Labute approximate surface area is 129 Å². The van der Waals surface area contributed by atoms with Crippen molar-refractivity contribution in [2.75, 3.05) is 51.8 Å². The minimum Gasteiger partial charge on any atom is -0.495 e. The molecule has 120 valence electrons. The molecule has 2 N–H and O–H groups in total. The predicted octanol–water partition coefficient (Wildman–Crippen LogP) is -0.717. The van der Waals surface area contributed by atoms with Crippen molar-refractivity contribution in [1.29, 1.82) is 0 Å². The van der Waals surface area contributed by atoms with Crippen LogP contribution in [0, 0.1) is 0 Å². The number of para-hydroxylation sites is 2. The van der Waals surface area contributed by atoms with Crippen LogP contribution >= 0.6 is 0 Å². The van der Waals surface area contributed by atoms with Gasteiger partial charge in [-0.1, -0.05) is 12.1 Å². The van der Waals surface area contributed by atoms with Crippen LogP contribution in [0.2, 0.25) is 0 Å². The van der Waals surface area contributed by atoms with E-state index >= 15 is 0 Å². The van der Waals surface area contributed by atoms with Crippen LogP contribution in [-0.4, -0.2) is 58.9 Å².